The first-order valence-corrected chi connectivity index (χ1v) is 6.79. The average molecular weight is 150 g/mol. The minimum atomic E-state index is -0.923. The summed E-state index contributed by atoms with van der Waals surface area (Å²) in [5.41, 5.74) is 0.775. The lowest BCUT2D eigenvalue weighted by atomic mass is 10.4. The third-order valence-electron chi connectivity index (χ3n) is 1.65. The van der Waals surface area contributed by atoms with Crippen molar-refractivity contribution in [2.75, 3.05) is 13.3 Å². The zero-order chi connectivity index (χ0) is 6.78. The quantitative estimate of drug-likeness (QED) is 0.545. The first-order valence-electron chi connectivity index (χ1n) is 3.03. The summed E-state index contributed by atoms with van der Waals surface area (Å²) in [5, 5.41) is 0. The molecule has 1 atom stereocenters. The predicted molar refractivity (Wildman–Crippen MR) is 45.9 cm³/mol. The van der Waals surface area contributed by atoms with Crippen LogP contribution in [0.1, 0.15) is 20.3 Å². The van der Waals surface area contributed by atoms with E-state index in [1.54, 1.807) is 0 Å². The van der Waals surface area contributed by atoms with Crippen LogP contribution in [0.2, 0.25) is 0 Å². The van der Waals surface area contributed by atoms with Crippen LogP contribution in [-0.2, 0) is 11.8 Å². The van der Waals surface area contributed by atoms with Crippen molar-refractivity contribution in [2.45, 2.75) is 25.9 Å². The smallest absolute Gasteiger partial charge is 0.0154 e. The van der Waals surface area contributed by atoms with Crippen LogP contribution in [0.15, 0.2) is 0 Å². The molecule has 2 heteroatoms. The number of rotatable bonds is 2. The van der Waals surface area contributed by atoms with Crippen molar-refractivity contribution in [3.05, 3.63) is 0 Å². The van der Waals surface area contributed by atoms with Gasteiger partial charge in [-0.2, -0.15) is 0 Å². The molecule has 8 heavy (non-hydrogen) atoms. The van der Waals surface area contributed by atoms with E-state index in [9.17, 15) is 0 Å². The van der Waals surface area contributed by atoms with E-state index in [2.05, 4.69) is 27.2 Å². The van der Waals surface area contributed by atoms with Gasteiger partial charge < -0.3 is 0 Å². The minimum absolute atomic E-state index is 0.775. The molecule has 0 spiro atoms. The summed E-state index contributed by atoms with van der Waals surface area (Å²) >= 11 is 5.32. The number of hydrogen-bond acceptors (Lipinski definition) is 1. The molecule has 0 aliphatic carbocycles. The van der Waals surface area contributed by atoms with Crippen molar-refractivity contribution in [1.82, 2.24) is 0 Å². The largest absolute Gasteiger partial charge is 0.0978 e. The van der Waals surface area contributed by atoms with Gasteiger partial charge in [0, 0.05) is 0 Å². The van der Waals surface area contributed by atoms with Crippen LogP contribution >= 0.6 is 6.04 Å². The topological polar surface area (TPSA) is 0 Å². The fourth-order valence-corrected chi connectivity index (χ4v) is 1.77. The van der Waals surface area contributed by atoms with Crippen LogP contribution in [0.5, 0.6) is 0 Å². The zero-order valence-electron chi connectivity index (χ0n) is 6.14. The first-order chi connectivity index (χ1) is 3.48. The van der Waals surface area contributed by atoms with Crippen molar-refractivity contribution in [1.29, 1.82) is 0 Å². The van der Waals surface area contributed by atoms with Gasteiger partial charge in [-0.3, -0.25) is 0 Å². The van der Waals surface area contributed by atoms with E-state index in [4.69, 9.17) is 11.8 Å². The molecule has 0 aromatic rings. The molecule has 0 aliphatic heterocycles. The van der Waals surface area contributed by atoms with Crippen molar-refractivity contribution in [3.63, 3.8) is 0 Å². The summed E-state index contributed by atoms with van der Waals surface area (Å²) < 4.78 is 0. The fraction of sp³-hybridized carbons (Fsp3) is 1.00. The third kappa shape index (κ3) is 2.84. The molecule has 0 N–H and O–H groups in total. The van der Waals surface area contributed by atoms with Crippen LogP contribution in [0.4, 0.5) is 0 Å². The predicted octanol–water partition coefficient (Wildman–Crippen LogP) is 2.52. The molecular formula is C6H15PS. The van der Waals surface area contributed by atoms with E-state index in [1.165, 1.54) is 6.42 Å². The Bertz CT molecular complexity index is 103. The standard InChI is InChI=1S/C6H15PS/c1-5-6(2)7(3,4)8/h6H,5H2,1-4H3. The van der Waals surface area contributed by atoms with Crippen molar-refractivity contribution < 1.29 is 0 Å². The molecule has 0 bridgehead atoms. The molecule has 50 valence electrons. The normalized spacial score (nSPS) is 16.0. The van der Waals surface area contributed by atoms with Gasteiger partial charge in [-0.25, -0.2) is 0 Å². The summed E-state index contributed by atoms with van der Waals surface area (Å²) in [6.45, 7) is 8.90. The van der Waals surface area contributed by atoms with Gasteiger partial charge in [0.2, 0.25) is 0 Å². The summed E-state index contributed by atoms with van der Waals surface area (Å²) in [5.74, 6) is 0. The Labute approximate surface area is 57.7 Å². The molecular weight excluding hydrogens is 135 g/mol. The lowest BCUT2D eigenvalue weighted by Crippen LogP contribution is -1.97. The monoisotopic (exact) mass is 150 g/mol. The van der Waals surface area contributed by atoms with E-state index in [-0.39, 0.29) is 0 Å². The van der Waals surface area contributed by atoms with Crippen LogP contribution in [-0.4, -0.2) is 19.0 Å². The maximum absolute atomic E-state index is 5.32. The van der Waals surface area contributed by atoms with Crippen molar-refractivity contribution in [2.24, 2.45) is 0 Å². The van der Waals surface area contributed by atoms with Crippen LogP contribution in [0.25, 0.3) is 0 Å². The van der Waals surface area contributed by atoms with E-state index in [0.29, 0.717) is 0 Å². The molecule has 0 aromatic heterocycles. The van der Waals surface area contributed by atoms with Gasteiger partial charge in [0.15, 0.2) is 0 Å². The fourth-order valence-electron chi connectivity index (χ4n) is 0.440. The van der Waals surface area contributed by atoms with Gasteiger partial charge in [0.1, 0.15) is 0 Å². The second kappa shape index (κ2) is 2.98. The number of hydrogen-bond donors (Lipinski definition) is 0. The van der Waals surface area contributed by atoms with Gasteiger partial charge in [0.25, 0.3) is 0 Å². The Kier molecular flexibility index (Phi) is 3.23. The van der Waals surface area contributed by atoms with Gasteiger partial charge in [-0.15, -0.1) is 0 Å². The average Bonchev–Trinajstić information content (AvgIpc) is 1.62. The lowest BCUT2D eigenvalue weighted by molar-refractivity contribution is 0.894. The van der Waals surface area contributed by atoms with Crippen LogP contribution in [0.3, 0.4) is 0 Å². The minimum Gasteiger partial charge on any atom is -0.0978 e. The molecule has 1 unspecified atom stereocenters. The van der Waals surface area contributed by atoms with Gasteiger partial charge in [0.05, 0.1) is 0 Å². The van der Waals surface area contributed by atoms with Gasteiger partial charge >= 0.3 is 0 Å². The highest BCUT2D eigenvalue weighted by molar-refractivity contribution is 8.14. The molecule has 0 heterocycles. The molecule has 0 aromatic carbocycles. The highest BCUT2D eigenvalue weighted by atomic mass is 32.4. The Morgan fingerprint density at radius 2 is 1.88 bits per heavy atom. The van der Waals surface area contributed by atoms with E-state index in [0.717, 1.165) is 5.66 Å². The van der Waals surface area contributed by atoms with Crippen LogP contribution in [0, 0.1) is 0 Å². The Morgan fingerprint density at radius 3 is 1.88 bits per heavy atom. The van der Waals surface area contributed by atoms with Gasteiger partial charge in [-0.05, 0) is 31.4 Å². The van der Waals surface area contributed by atoms with Crippen LogP contribution < -0.4 is 0 Å². The summed E-state index contributed by atoms with van der Waals surface area (Å²) in [4.78, 5) is 0. The Balaban J connectivity index is 3.82. The molecule has 0 aliphatic rings. The molecule has 0 nitrogen and oxygen atoms in total. The van der Waals surface area contributed by atoms with Gasteiger partial charge in [-0.1, -0.05) is 25.7 Å². The molecule has 0 amide bonds. The molecule has 0 rings (SSSR count). The van der Waals surface area contributed by atoms with Crippen molar-refractivity contribution in [3.8, 4) is 0 Å². The molecule has 0 saturated carbocycles. The zero-order valence-corrected chi connectivity index (χ0v) is 7.85. The Hall–Kier alpha value is 0.650. The summed E-state index contributed by atoms with van der Waals surface area (Å²) in [6, 6.07) is -0.923. The maximum Gasteiger partial charge on any atom is -0.0154 e. The first kappa shape index (κ1) is 8.65. The van der Waals surface area contributed by atoms with E-state index < -0.39 is 6.04 Å². The maximum atomic E-state index is 5.32. The van der Waals surface area contributed by atoms with Crippen molar-refractivity contribution >= 4 is 17.8 Å². The summed E-state index contributed by atoms with van der Waals surface area (Å²) in [6.07, 6.45) is 1.24. The third-order valence-corrected chi connectivity index (χ3v) is 5.22. The Morgan fingerprint density at radius 1 is 1.50 bits per heavy atom. The summed E-state index contributed by atoms with van der Waals surface area (Å²) in [7, 11) is 0. The lowest BCUT2D eigenvalue weighted by Gasteiger charge is -2.16. The molecule has 0 fully saturated rings. The molecule has 0 radical (unpaired) electrons. The van der Waals surface area contributed by atoms with E-state index in [1.807, 2.05) is 0 Å². The van der Waals surface area contributed by atoms with E-state index >= 15 is 0 Å². The molecule has 0 saturated heterocycles. The second-order valence-electron chi connectivity index (χ2n) is 2.69. The highest BCUT2D eigenvalue weighted by Gasteiger charge is 2.09. The highest BCUT2D eigenvalue weighted by Crippen LogP contribution is 2.43. The second-order valence-corrected chi connectivity index (χ2v) is 9.26. The SMILES string of the molecule is CCC(C)P(C)(C)=S.